The Balaban J connectivity index is 1.48. The van der Waals surface area contributed by atoms with Gasteiger partial charge < -0.3 is 10.2 Å². The van der Waals surface area contributed by atoms with Crippen molar-refractivity contribution in [1.29, 1.82) is 0 Å². The van der Waals surface area contributed by atoms with Crippen LogP contribution in [0.15, 0.2) is 11.4 Å². The lowest BCUT2D eigenvalue weighted by Gasteiger charge is -2.33. The second-order valence-corrected chi connectivity index (χ2v) is 7.12. The molecule has 0 amide bonds. The number of hydrogen-bond donors (Lipinski definition) is 1. The van der Waals surface area contributed by atoms with Gasteiger partial charge in [0.1, 0.15) is 0 Å². The van der Waals surface area contributed by atoms with E-state index >= 15 is 0 Å². The molecule has 0 spiro atoms. The zero-order chi connectivity index (χ0) is 13.1. The monoisotopic (exact) mass is 278 g/mol. The minimum atomic E-state index is 0.629. The molecule has 0 bridgehead atoms. The molecule has 1 saturated heterocycles. The van der Waals surface area contributed by atoms with E-state index in [1.807, 2.05) is 11.3 Å². The van der Waals surface area contributed by atoms with Gasteiger partial charge >= 0.3 is 0 Å². The van der Waals surface area contributed by atoms with Crippen LogP contribution in [0.4, 0.5) is 0 Å². The summed E-state index contributed by atoms with van der Waals surface area (Å²) in [4.78, 5) is 4.18. The number of likely N-dealkylation sites (tertiary alicyclic amines) is 1. The predicted octanol–water partition coefficient (Wildman–Crippen LogP) is 3.59. The summed E-state index contributed by atoms with van der Waals surface area (Å²) in [6, 6.07) is 3.78. The van der Waals surface area contributed by atoms with Gasteiger partial charge in [-0.1, -0.05) is 6.42 Å². The van der Waals surface area contributed by atoms with Crippen LogP contribution in [0.25, 0.3) is 0 Å². The maximum Gasteiger partial charge on any atom is 0.0331 e. The molecule has 1 aromatic heterocycles. The Bertz CT molecular complexity index is 401. The fourth-order valence-electron chi connectivity index (χ4n) is 3.63. The Morgan fingerprint density at radius 2 is 2.26 bits per heavy atom. The van der Waals surface area contributed by atoms with Crippen molar-refractivity contribution in [2.75, 3.05) is 20.1 Å². The summed E-state index contributed by atoms with van der Waals surface area (Å²) in [5.74, 6) is 0. The molecule has 0 saturated carbocycles. The Morgan fingerprint density at radius 3 is 3.16 bits per heavy atom. The quantitative estimate of drug-likeness (QED) is 0.905. The van der Waals surface area contributed by atoms with E-state index in [9.17, 15) is 0 Å². The highest BCUT2D eigenvalue weighted by Gasteiger charge is 2.22. The molecule has 3 heteroatoms. The molecular weight excluding hydrogens is 252 g/mol. The molecule has 1 aromatic rings. The number of rotatable bonds is 4. The summed E-state index contributed by atoms with van der Waals surface area (Å²) in [7, 11) is 2.29. The van der Waals surface area contributed by atoms with E-state index < -0.39 is 0 Å². The molecule has 0 aromatic carbocycles. The molecule has 19 heavy (non-hydrogen) atoms. The number of fused-ring (bicyclic) bond motifs is 1. The van der Waals surface area contributed by atoms with Crippen molar-refractivity contribution in [1.82, 2.24) is 10.2 Å². The highest BCUT2D eigenvalue weighted by Crippen LogP contribution is 2.33. The van der Waals surface area contributed by atoms with Crippen LogP contribution in [0.5, 0.6) is 0 Å². The van der Waals surface area contributed by atoms with Gasteiger partial charge in [0.05, 0.1) is 0 Å². The third-order valence-corrected chi connectivity index (χ3v) is 5.84. The molecule has 2 nitrogen and oxygen atoms in total. The summed E-state index contributed by atoms with van der Waals surface area (Å²) >= 11 is 1.94. The molecule has 2 unspecified atom stereocenters. The predicted molar refractivity (Wildman–Crippen MR) is 82.9 cm³/mol. The van der Waals surface area contributed by atoms with Gasteiger partial charge in [-0.3, -0.25) is 0 Å². The van der Waals surface area contributed by atoms with Crippen LogP contribution < -0.4 is 5.32 Å². The topological polar surface area (TPSA) is 15.3 Å². The first-order chi connectivity index (χ1) is 9.34. The van der Waals surface area contributed by atoms with Crippen molar-refractivity contribution >= 4 is 11.3 Å². The van der Waals surface area contributed by atoms with Crippen molar-refractivity contribution in [3.63, 3.8) is 0 Å². The molecule has 1 fully saturated rings. The van der Waals surface area contributed by atoms with Crippen LogP contribution in [0, 0.1) is 0 Å². The number of hydrogen-bond acceptors (Lipinski definition) is 3. The first-order valence-electron chi connectivity index (χ1n) is 7.84. The summed E-state index contributed by atoms with van der Waals surface area (Å²) in [5, 5.41) is 6.08. The van der Waals surface area contributed by atoms with Crippen molar-refractivity contribution in [3.05, 3.63) is 21.9 Å². The summed E-state index contributed by atoms with van der Waals surface area (Å²) in [6.07, 6.45) is 9.50. The van der Waals surface area contributed by atoms with E-state index in [-0.39, 0.29) is 0 Å². The van der Waals surface area contributed by atoms with Crippen molar-refractivity contribution in [2.24, 2.45) is 0 Å². The maximum absolute atomic E-state index is 3.81. The lowest BCUT2D eigenvalue weighted by molar-refractivity contribution is 0.174. The van der Waals surface area contributed by atoms with E-state index in [4.69, 9.17) is 0 Å². The minimum Gasteiger partial charge on any atom is -0.310 e. The molecule has 2 aliphatic rings. The van der Waals surface area contributed by atoms with Crippen molar-refractivity contribution in [3.8, 4) is 0 Å². The molecule has 1 aliphatic heterocycles. The van der Waals surface area contributed by atoms with Crippen LogP contribution in [-0.4, -0.2) is 31.1 Å². The van der Waals surface area contributed by atoms with Crippen LogP contribution in [0.2, 0.25) is 0 Å². The summed E-state index contributed by atoms with van der Waals surface area (Å²) in [5.41, 5.74) is 1.59. The number of thiophene rings is 1. The third-order valence-electron chi connectivity index (χ3n) is 4.84. The average molecular weight is 278 g/mol. The second-order valence-electron chi connectivity index (χ2n) is 6.12. The lowest BCUT2D eigenvalue weighted by Crippen LogP contribution is -2.38. The number of nitrogens with one attached hydrogen (secondary N) is 1. The van der Waals surface area contributed by atoms with Gasteiger partial charge in [0.25, 0.3) is 0 Å². The molecule has 106 valence electrons. The van der Waals surface area contributed by atoms with Gasteiger partial charge in [0, 0.05) is 17.0 Å². The number of aryl methyl sites for hydroxylation is 1. The zero-order valence-electron chi connectivity index (χ0n) is 12.0. The lowest BCUT2D eigenvalue weighted by atomic mass is 9.93. The van der Waals surface area contributed by atoms with Crippen molar-refractivity contribution in [2.45, 2.75) is 57.0 Å². The fraction of sp³-hybridized carbons (Fsp3) is 0.750. The van der Waals surface area contributed by atoms with Gasteiger partial charge in [-0.05, 0) is 75.7 Å². The SMILES string of the molecule is CN1CCCCC1CCNC1CCCc2sccc21. The highest BCUT2D eigenvalue weighted by molar-refractivity contribution is 7.10. The maximum atomic E-state index is 3.81. The van der Waals surface area contributed by atoms with E-state index in [0.717, 1.165) is 6.04 Å². The van der Waals surface area contributed by atoms with E-state index in [1.165, 1.54) is 58.0 Å². The van der Waals surface area contributed by atoms with Crippen LogP contribution in [0.3, 0.4) is 0 Å². The van der Waals surface area contributed by atoms with Gasteiger partial charge in [-0.15, -0.1) is 11.3 Å². The fourth-order valence-corrected chi connectivity index (χ4v) is 4.62. The van der Waals surface area contributed by atoms with Gasteiger partial charge in [0.15, 0.2) is 0 Å². The van der Waals surface area contributed by atoms with Crippen LogP contribution in [-0.2, 0) is 6.42 Å². The summed E-state index contributed by atoms with van der Waals surface area (Å²) in [6.45, 7) is 2.47. The standard InChI is InChI=1S/C16H26N2S/c1-18-11-3-2-5-13(18)8-10-17-15-6-4-7-16-14(15)9-12-19-16/h9,12-13,15,17H,2-8,10-11H2,1H3. The van der Waals surface area contributed by atoms with Gasteiger partial charge in [-0.2, -0.15) is 0 Å². The first kappa shape index (κ1) is 13.6. The number of nitrogens with zero attached hydrogens (tertiary/aromatic N) is 1. The van der Waals surface area contributed by atoms with Gasteiger partial charge in [0.2, 0.25) is 0 Å². The van der Waals surface area contributed by atoms with Crippen LogP contribution >= 0.6 is 11.3 Å². The Hall–Kier alpha value is -0.380. The molecule has 0 radical (unpaired) electrons. The highest BCUT2D eigenvalue weighted by atomic mass is 32.1. The number of piperidine rings is 1. The first-order valence-corrected chi connectivity index (χ1v) is 8.72. The minimum absolute atomic E-state index is 0.629. The largest absolute Gasteiger partial charge is 0.310 e. The van der Waals surface area contributed by atoms with E-state index in [0.29, 0.717) is 6.04 Å². The molecule has 2 heterocycles. The van der Waals surface area contributed by atoms with Crippen molar-refractivity contribution < 1.29 is 0 Å². The Labute approximate surface area is 121 Å². The van der Waals surface area contributed by atoms with E-state index in [1.54, 1.807) is 10.4 Å². The zero-order valence-corrected chi connectivity index (χ0v) is 12.8. The molecule has 1 aliphatic carbocycles. The molecule has 3 rings (SSSR count). The molecule has 2 atom stereocenters. The third kappa shape index (κ3) is 3.21. The molecular formula is C16H26N2S. The average Bonchev–Trinajstić information content (AvgIpc) is 2.90. The van der Waals surface area contributed by atoms with Crippen LogP contribution in [0.1, 0.15) is 55.0 Å². The summed E-state index contributed by atoms with van der Waals surface area (Å²) < 4.78 is 0. The van der Waals surface area contributed by atoms with Gasteiger partial charge in [-0.25, -0.2) is 0 Å². The normalized spacial score (nSPS) is 28.3. The second kappa shape index (κ2) is 6.38. The smallest absolute Gasteiger partial charge is 0.0331 e. The molecule has 1 N–H and O–H groups in total. The van der Waals surface area contributed by atoms with E-state index in [2.05, 4.69) is 28.7 Å². The Kier molecular flexibility index (Phi) is 4.57. The Morgan fingerprint density at radius 1 is 1.32 bits per heavy atom.